The van der Waals surface area contributed by atoms with Gasteiger partial charge in [-0.1, -0.05) is 68.4 Å². The van der Waals surface area contributed by atoms with Gasteiger partial charge in [0.2, 0.25) is 0 Å². The molecule has 27 heavy (non-hydrogen) atoms. The molecule has 1 atom stereocenters. The third-order valence-corrected chi connectivity index (χ3v) is 5.27. The van der Waals surface area contributed by atoms with Crippen LogP contribution in [0.15, 0.2) is 54.6 Å². The molecule has 0 spiro atoms. The van der Waals surface area contributed by atoms with Crippen molar-refractivity contribution in [1.82, 2.24) is 10.2 Å². The minimum absolute atomic E-state index is 0.0191. The summed E-state index contributed by atoms with van der Waals surface area (Å²) in [4.78, 5) is 15.0. The molecule has 1 aliphatic heterocycles. The van der Waals surface area contributed by atoms with E-state index >= 15 is 0 Å². The molecule has 0 saturated carbocycles. The molecule has 2 aromatic carbocycles. The molecule has 2 aromatic rings. The van der Waals surface area contributed by atoms with E-state index in [9.17, 15) is 4.79 Å². The van der Waals surface area contributed by atoms with Crippen LogP contribution in [0, 0.1) is 6.92 Å². The number of benzene rings is 2. The van der Waals surface area contributed by atoms with Gasteiger partial charge in [0.1, 0.15) is 6.10 Å². The fraction of sp³-hybridized carbons (Fsp3) is 0.435. The fourth-order valence-corrected chi connectivity index (χ4v) is 3.70. The molecule has 1 saturated heterocycles. The predicted molar refractivity (Wildman–Crippen MR) is 109 cm³/mol. The number of hydrogen-bond donors (Lipinski definition) is 1. The Kier molecular flexibility index (Phi) is 6.30. The highest BCUT2D eigenvalue weighted by Gasteiger charge is 2.29. The summed E-state index contributed by atoms with van der Waals surface area (Å²) in [6, 6.07) is 18.7. The molecular formula is C23H30N2O2. The highest BCUT2D eigenvalue weighted by molar-refractivity contribution is 5.81. The maximum Gasteiger partial charge on any atom is 0.250 e. The largest absolute Gasteiger partial charge is 0.366 e. The second-order valence-electron chi connectivity index (χ2n) is 8.00. The first-order valence-corrected chi connectivity index (χ1v) is 9.67. The standard InChI is InChI=1S/C23H30N2O2/c1-18-9-7-8-12-20(18)23(2,3)17-24-22(26)21-16-25(13-14-27-21)15-19-10-5-4-6-11-19/h4-12,21H,13-17H2,1-3H3,(H,24,26). The van der Waals surface area contributed by atoms with Gasteiger partial charge >= 0.3 is 0 Å². The SMILES string of the molecule is Cc1ccccc1C(C)(C)CNC(=O)C1CN(Cc2ccccc2)CCO1. The maximum absolute atomic E-state index is 12.7. The van der Waals surface area contributed by atoms with Crippen molar-refractivity contribution in [3.63, 3.8) is 0 Å². The molecule has 3 rings (SSSR count). The van der Waals surface area contributed by atoms with Crippen molar-refractivity contribution in [3.05, 3.63) is 71.3 Å². The van der Waals surface area contributed by atoms with Gasteiger partial charge in [-0.25, -0.2) is 0 Å². The topological polar surface area (TPSA) is 41.6 Å². The third kappa shape index (κ3) is 5.18. The monoisotopic (exact) mass is 366 g/mol. The van der Waals surface area contributed by atoms with Crippen LogP contribution in [0.25, 0.3) is 0 Å². The van der Waals surface area contributed by atoms with Crippen molar-refractivity contribution in [2.45, 2.75) is 38.8 Å². The summed E-state index contributed by atoms with van der Waals surface area (Å²) < 4.78 is 5.75. The van der Waals surface area contributed by atoms with E-state index in [0.29, 0.717) is 19.7 Å². The number of nitrogens with zero attached hydrogens (tertiary/aromatic N) is 1. The summed E-state index contributed by atoms with van der Waals surface area (Å²) in [5.41, 5.74) is 3.65. The van der Waals surface area contributed by atoms with Gasteiger partial charge < -0.3 is 10.1 Å². The lowest BCUT2D eigenvalue weighted by atomic mass is 9.82. The minimum atomic E-state index is -0.407. The molecule has 0 bridgehead atoms. The molecule has 1 unspecified atom stereocenters. The van der Waals surface area contributed by atoms with Gasteiger partial charge in [0.15, 0.2) is 0 Å². The molecule has 1 amide bonds. The van der Waals surface area contributed by atoms with Crippen LogP contribution in [0.5, 0.6) is 0 Å². The molecular weight excluding hydrogens is 336 g/mol. The van der Waals surface area contributed by atoms with Crippen LogP contribution in [-0.4, -0.2) is 43.2 Å². The van der Waals surface area contributed by atoms with Gasteiger partial charge in [-0.05, 0) is 23.6 Å². The molecule has 0 aliphatic carbocycles. The second-order valence-corrected chi connectivity index (χ2v) is 8.00. The van der Waals surface area contributed by atoms with Crippen LogP contribution >= 0.6 is 0 Å². The molecule has 144 valence electrons. The summed E-state index contributed by atoms with van der Waals surface area (Å²) in [5.74, 6) is -0.0191. The Bertz CT molecular complexity index is 758. The van der Waals surface area contributed by atoms with Gasteiger partial charge in [-0.2, -0.15) is 0 Å². The minimum Gasteiger partial charge on any atom is -0.366 e. The van der Waals surface area contributed by atoms with Crippen LogP contribution in [0.3, 0.4) is 0 Å². The molecule has 1 N–H and O–H groups in total. The highest BCUT2D eigenvalue weighted by atomic mass is 16.5. The second kappa shape index (κ2) is 8.68. The Balaban J connectivity index is 1.55. The molecule has 4 nitrogen and oxygen atoms in total. The molecule has 1 aliphatic rings. The molecule has 1 heterocycles. The zero-order chi connectivity index (χ0) is 19.3. The quantitative estimate of drug-likeness (QED) is 0.853. The zero-order valence-corrected chi connectivity index (χ0v) is 16.6. The van der Waals surface area contributed by atoms with E-state index in [4.69, 9.17) is 4.74 Å². The number of morpholine rings is 1. The van der Waals surface area contributed by atoms with Crippen molar-refractivity contribution in [1.29, 1.82) is 0 Å². The van der Waals surface area contributed by atoms with Gasteiger partial charge in [0.05, 0.1) is 6.61 Å². The van der Waals surface area contributed by atoms with Crippen molar-refractivity contribution in [2.75, 3.05) is 26.2 Å². The molecule has 4 heteroatoms. The Morgan fingerprint density at radius 3 is 2.59 bits per heavy atom. The molecule has 0 aromatic heterocycles. The van der Waals surface area contributed by atoms with Crippen molar-refractivity contribution in [3.8, 4) is 0 Å². The Labute approximate surface area is 162 Å². The van der Waals surface area contributed by atoms with E-state index in [1.54, 1.807) is 0 Å². The van der Waals surface area contributed by atoms with E-state index in [2.05, 4.69) is 61.3 Å². The Hall–Kier alpha value is -2.17. The highest BCUT2D eigenvalue weighted by Crippen LogP contribution is 2.25. The third-order valence-electron chi connectivity index (χ3n) is 5.27. The first-order chi connectivity index (χ1) is 13.0. The fourth-order valence-electron chi connectivity index (χ4n) is 3.70. The number of amides is 1. The number of carbonyl (C=O) groups is 1. The number of ether oxygens (including phenoxy) is 1. The van der Waals surface area contributed by atoms with Crippen LogP contribution in [0.2, 0.25) is 0 Å². The van der Waals surface area contributed by atoms with Gasteiger partial charge in [0, 0.05) is 31.6 Å². The first kappa shape index (κ1) is 19.6. The van der Waals surface area contributed by atoms with Gasteiger partial charge in [0.25, 0.3) is 5.91 Å². The van der Waals surface area contributed by atoms with Crippen LogP contribution in [-0.2, 0) is 21.5 Å². The van der Waals surface area contributed by atoms with Crippen LogP contribution in [0.4, 0.5) is 0 Å². The van der Waals surface area contributed by atoms with Crippen molar-refractivity contribution < 1.29 is 9.53 Å². The number of rotatable bonds is 6. The van der Waals surface area contributed by atoms with E-state index in [-0.39, 0.29) is 11.3 Å². The van der Waals surface area contributed by atoms with Crippen LogP contribution < -0.4 is 5.32 Å². The summed E-state index contributed by atoms with van der Waals surface area (Å²) >= 11 is 0. The number of carbonyl (C=O) groups excluding carboxylic acids is 1. The Morgan fingerprint density at radius 2 is 1.85 bits per heavy atom. The smallest absolute Gasteiger partial charge is 0.250 e. The van der Waals surface area contributed by atoms with Crippen molar-refractivity contribution >= 4 is 5.91 Å². The normalized spacial score (nSPS) is 18.3. The lowest BCUT2D eigenvalue weighted by Gasteiger charge is -2.33. The average molecular weight is 367 g/mol. The van der Waals surface area contributed by atoms with Crippen LogP contribution in [0.1, 0.15) is 30.5 Å². The number of aryl methyl sites for hydroxylation is 1. The lowest BCUT2D eigenvalue weighted by Crippen LogP contribution is -2.51. The number of hydrogen-bond acceptors (Lipinski definition) is 3. The summed E-state index contributed by atoms with van der Waals surface area (Å²) in [6.07, 6.45) is -0.407. The Morgan fingerprint density at radius 1 is 1.15 bits per heavy atom. The zero-order valence-electron chi connectivity index (χ0n) is 16.6. The maximum atomic E-state index is 12.7. The van der Waals surface area contributed by atoms with Gasteiger partial charge in [-0.3, -0.25) is 9.69 Å². The van der Waals surface area contributed by atoms with Crippen molar-refractivity contribution in [2.24, 2.45) is 0 Å². The lowest BCUT2D eigenvalue weighted by molar-refractivity contribution is -0.139. The van der Waals surface area contributed by atoms with E-state index in [1.807, 2.05) is 24.3 Å². The summed E-state index contributed by atoms with van der Waals surface area (Å²) in [7, 11) is 0. The predicted octanol–water partition coefficient (Wildman–Crippen LogP) is 3.29. The first-order valence-electron chi connectivity index (χ1n) is 9.67. The van der Waals surface area contributed by atoms with E-state index in [1.165, 1.54) is 16.7 Å². The van der Waals surface area contributed by atoms with E-state index in [0.717, 1.165) is 13.1 Å². The van der Waals surface area contributed by atoms with E-state index < -0.39 is 6.10 Å². The van der Waals surface area contributed by atoms with Gasteiger partial charge in [-0.15, -0.1) is 0 Å². The number of nitrogens with one attached hydrogen (secondary N) is 1. The molecule has 1 fully saturated rings. The summed E-state index contributed by atoms with van der Waals surface area (Å²) in [5, 5.41) is 3.11. The summed E-state index contributed by atoms with van der Waals surface area (Å²) in [6.45, 7) is 9.96. The average Bonchev–Trinajstić information content (AvgIpc) is 2.67. The molecule has 0 radical (unpaired) electrons.